The number of nitrogens with zero attached hydrogens (tertiary/aromatic N) is 5. The number of amides is 1. The van der Waals surface area contributed by atoms with Crippen LogP contribution < -0.4 is 5.01 Å². The van der Waals surface area contributed by atoms with Crippen molar-refractivity contribution >= 4 is 23.4 Å². The van der Waals surface area contributed by atoms with E-state index in [1.54, 1.807) is 18.2 Å². The van der Waals surface area contributed by atoms with E-state index < -0.39 is 10.3 Å². The molecule has 1 aromatic carbocycles. The average molecular weight is 291 g/mol. The second kappa shape index (κ2) is 4.93. The highest BCUT2D eigenvalue weighted by atomic mass is 32.2. The lowest BCUT2D eigenvalue weighted by Crippen LogP contribution is -2.37. The molecule has 1 aliphatic heterocycles. The maximum Gasteiger partial charge on any atom is 0.275 e. The number of para-hydroxylation sites is 1. The maximum atomic E-state index is 12.0. The third-order valence-electron chi connectivity index (χ3n) is 2.90. The Balaban J connectivity index is 2.05. The molecule has 0 spiro atoms. The van der Waals surface area contributed by atoms with Crippen LogP contribution >= 0.6 is 11.8 Å². The van der Waals surface area contributed by atoms with Gasteiger partial charge in [0.15, 0.2) is 0 Å². The molecular weight excluding hydrogens is 282 g/mol. The van der Waals surface area contributed by atoms with Gasteiger partial charge in [0, 0.05) is 6.07 Å². The molecule has 0 aliphatic carbocycles. The van der Waals surface area contributed by atoms with Crippen LogP contribution in [0.25, 0.3) is 0 Å². The largest absolute Gasteiger partial charge is 0.275 e. The third kappa shape index (κ3) is 2.01. The van der Waals surface area contributed by atoms with Crippen molar-refractivity contribution in [3.8, 4) is 0 Å². The van der Waals surface area contributed by atoms with Gasteiger partial charge in [0.05, 0.1) is 16.2 Å². The molecular formula is C11H9N5O3S. The zero-order valence-electron chi connectivity index (χ0n) is 10.1. The summed E-state index contributed by atoms with van der Waals surface area (Å²) >= 11 is 1.34. The van der Waals surface area contributed by atoms with E-state index in [1.165, 1.54) is 40.2 Å². The highest BCUT2D eigenvalue weighted by Gasteiger charge is 2.37. The van der Waals surface area contributed by atoms with Gasteiger partial charge in [-0.1, -0.05) is 12.1 Å². The van der Waals surface area contributed by atoms with Gasteiger partial charge >= 0.3 is 0 Å². The SMILES string of the molecule is O=C1CSC(c2ccccc2[N+](=O)[O-])N1n1cnnc1. The van der Waals surface area contributed by atoms with Crippen LogP contribution in [0.4, 0.5) is 5.69 Å². The molecule has 3 rings (SSSR count). The van der Waals surface area contributed by atoms with Gasteiger partial charge in [0.1, 0.15) is 18.0 Å². The summed E-state index contributed by atoms with van der Waals surface area (Å²) in [7, 11) is 0. The van der Waals surface area contributed by atoms with Crippen LogP contribution in [0.1, 0.15) is 10.9 Å². The summed E-state index contributed by atoms with van der Waals surface area (Å²) in [4.78, 5) is 22.7. The van der Waals surface area contributed by atoms with E-state index >= 15 is 0 Å². The van der Waals surface area contributed by atoms with E-state index in [9.17, 15) is 14.9 Å². The highest BCUT2D eigenvalue weighted by molar-refractivity contribution is 8.00. The monoisotopic (exact) mass is 291 g/mol. The van der Waals surface area contributed by atoms with Crippen molar-refractivity contribution < 1.29 is 9.72 Å². The van der Waals surface area contributed by atoms with Gasteiger partial charge in [-0.15, -0.1) is 22.0 Å². The van der Waals surface area contributed by atoms with E-state index in [0.29, 0.717) is 5.56 Å². The van der Waals surface area contributed by atoms with Gasteiger partial charge in [0.25, 0.3) is 11.6 Å². The van der Waals surface area contributed by atoms with Crippen LogP contribution in [0.15, 0.2) is 36.9 Å². The van der Waals surface area contributed by atoms with Crippen molar-refractivity contribution in [3.63, 3.8) is 0 Å². The Morgan fingerprint density at radius 3 is 2.70 bits per heavy atom. The van der Waals surface area contributed by atoms with Crippen LogP contribution in [0.3, 0.4) is 0 Å². The summed E-state index contributed by atoms with van der Waals surface area (Å²) in [5, 5.41) is 19.4. The molecule has 9 heteroatoms. The standard InChI is InChI=1S/C11H9N5O3S/c17-10-5-20-11(15(10)14-6-12-13-7-14)8-3-1-2-4-9(8)16(18)19/h1-4,6-7,11H,5H2. The van der Waals surface area contributed by atoms with Crippen molar-refractivity contribution in [2.45, 2.75) is 5.37 Å². The van der Waals surface area contributed by atoms with E-state index in [-0.39, 0.29) is 17.3 Å². The summed E-state index contributed by atoms with van der Waals surface area (Å²) in [5.41, 5.74) is 0.486. The zero-order chi connectivity index (χ0) is 14.1. The first-order valence-corrected chi connectivity index (χ1v) is 6.75. The lowest BCUT2D eigenvalue weighted by atomic mass is 10.1. The fourth-order valence-electron chi connectivity index (χ4n) is 2.06. The Morgan fingerprint density at radius 1 is 1.30 bits per heavy atom. The number of thioether (sulfide) groups is 1. The molecule has 20 heavy (non-hydrogen) atoms. The third-order valence-corrected chi connectivity index (χ3v) is 4.08. The fourth-order valence-corrected chi connectivity index (χ4v) is 3.24. The second-order valence-electron chi connectivity index (χ2n) is 4.06. The molecule has 8 nitrogen and oxygen atoms in total. The van der Waals surface area contributed by atoms with Gasteiger partial charge in [-0.25, -0.2) is 9.69 Å². The predicted octanol–water partition coefficient (Wildman–Crippen LogP) is 1.10. The molecule has 1 aromatic heterocycles. The first-order valence-electron chi connectivity index (χ1n) is 5.70. The Kier molecular flexibility index (Phi) is 3.11. The number of aromatic nitrogens is 3. The molecule has 2 heterocycles. The Bertz CT molecular complexity index is 660. The molecule has 0 radical (unpaired) electrons. The molecule has 1 amide bonds. The molecule has 1 unspecified atom stereocenters. The smallest absolute Gasteiger partial charge is 0.272 e. The highest BCUT2D eigenvalue weighted by Crippen LogP contribution is 2.40. The molecule has 1 aliphatic rings. The fraction of sp³-hybridized carbons (Fsp3) is 0.182. The molecule has 0 bridgehead atoms. The summed E-state index contributed by atoms with van der Waals surface area (Å²) in [6, 6.07) is 6.41. The number of carbonyl (C=O) groups is 1. The number of carbonyl (C=O) groups excluding carboxylic acids is 1. The molecule has 0 saturated carbocycles. The van der Waals surface area contributed by atoms with Crippen LogP contribution in [0, 0.1) is 10.1 Å². The summed E-state index contributed by atoms with van der Waals surface area (Å²) in [6.07, 6.45) is 2.79. The number of nitro benzene ring substituents is 1. The molecule has 0 N–H and O–H groups in total. The second-order valence-corrected chi connectivity index (χ2v) is 5.13. The van der Waals surface area contributed by atoms with Crippen molar-refractivity contribution in [3.05, 3.63) is 52.6 Å². The van der Waals surface area contributed by atoms with Crippen molar-refractivity contribution in [1.29, 1.82) is 0 Å². The van der Waals surface area contributed by atoms with Crippen molar-refractivity contribution in [1.82, 2.24) is 14.9 Å². The summed E-state index contributed by atoms with van der Waals surface area (Å²) in [5.74, 6) is 0.118. The Hall–Kier alpha value is -2.42. The van der Waals surface area contributed by atoms with Crippen molar-refractivity contribution in [2.75, 3.05) is 10.8 Å². The molecule has 1 fully saturated rings. The minimum Gasteiger partial charge on any atom is -0.272 e. The number of hydrogen-bond donors (Lipinski definition) is 0. The van der Waals surface area contributed by atoms with Crippen LogP contribution in [0.5, 0.6) is 0 Å². The first-order chi connectivity index (χ1) is 9.68. The van der Waals surface area contributed by atoms with Crippen LogP contribution in [-0.4, -0.2) is 31.5 Å². The van der Waals surface area contributed by atoms with Gasteiger partial charge in [-0.05, 0) is 6.07 Å². The lowest BCUT2D eigenvalue weighted by molar-refractivity contribution is -0.385. The molecule has 1 saturated heterocycles. The number of rotatable bonds is 3. The number of hydrogen-bond acceptors (Lipinski definition) is 6. The molecule has 2 aromatic rings. The first kappa shape index (κ1) is 12.6. The minimum atomic E-state index is -0.458. The van der Waals surface area contributed by atoms with E-state index in [0.717, 1.165) is 0 Å². The van der Waals surface area contributed by atoms with Gasteiger partial charge in [0.2, 0.25) is 0 Å². The van der Waals surface area contributed by atoms with Gasteiger partial charge < -0.3 is 0 Å². The zero-order valence-corrected chi connectivity index (χ0v) is 10.9. The van der Waals surface area contributed by atoms with Crippen LogP contribution in [-0.2, 0) is 4.79 Å². The average Bonchev–Trinajstić information content (AvgIpc) is 3.07. The summed E-state index contributed by atoms with van der Waals surface area (Å²) in [6.45, 7) is 0. The molecule has 1 atom stereocenters. The van der Waals surface area contributed by atoms with E-state index in [4.69, 9.17) is 0 Å². The van der Waals surface area contributed by atoms with Crippen molar-refractivity contribution in [2.24, 2.45) is 0 Å². The van der Waals surface area contributed by atoms with E-state index in [1.807, 2.05) is 0 Å². The summed E-state index contributed by atoms with van der Waals surface area (Å²) < 4.78 is 1.45. The van der Waals surface area contributed by atoms with E-state index in [2.05, 4.69) is 10.2 Å². The Labute approximate surface area is 117 Å². The lowest BCUT2D eigenvalue weighted by Gasteiger charge is -2.23. The quantitative estimate of drug-likeness (QED) is 0.620. The number of nitro groups is 1. The minimum absolute atomic E-state index is 0.00206. The normalized spacial score (nSPS) is 18.5. The Morgan fingerprint density at radius 2 is 2.00 bits per heavy atom. The van der Waals surface area contributed by atoms with Gasteiger partial charge in [-0.2, -0.15) is 0 Å². The van der Waals surface area contributed by atoms with Crippen LogP contribution in [0.2, 0.25) is 0 Å². The molecule has 102 valence electrons. The topological polar surface area (TPSA) is 94.2 Å². The maximum absolute atomic E-state index is 12.0. The number of benzene rings is 1. The predicted molar refractivity (Wildman–Crippen MR) is 71.5 cm³/mol. The van der Waals surface area contributed by atoms with Gasteiger partial charge in [-0.3, -0.25) is 14.9 Å².